The first-order valence-electron chi connectivity index (χ1n) is 7.17. The van der Waals surface area contributed by atoms with E-state index in [2.05, 4.69) is 28.4 Å². The topological polar surface area (TPSA) is 56.7 Å². The number of rotatable bonds is 2. The second-order valence-corrected chi connectivity index (χ2v) is 5.83. The molecule has 0 bridgehead atoms. The van der Waals surface area contributed by atoms with Crippen molar-refractivity contribution >= 4 is 16.9 Å². The van der Waals surface area contributed by atoms with E-state index in [1.54, 1.807) is 0 Å². The lowest BCUT2D eigenvalue weighted by molar-refractivity contribution is 0.459. The number of hydrogen-bond acceptors (Lipinski definition) is 3. The van der Waals surface area contributed by atoms with Gasteiger partial charge in [0.1, 0.15) is 17.3 Å². The number of aromatic nitrogens is 3. The Labute approximate surface area is 114 Å². The van der Waals surface area contributed by atoms with Crippen LogP contribution in [0, 0.1) is 26.7 Å². The summed E-state index contributed by atoms with van der Waals surface area (Å²) in [4.78, 5) is 8.93. The SMILES string of the molecule is Cc1nc(N)c2c(C)c(C)n(CC3CCCC3)c2n1. The van der Waals surface area contributed by atoms with Crippen LogP contribution < -0.4 is 5.73 Å². The molecular formula is C15H22N4. The predicted molar refractivity (Wildman–Crippen MR) is 78.1 cm³/mol. The van der Waals surface area contributed by atoms with Gasteiger partial charge in [0.2, 0.25) is 0 Å². The summed E-state index contributed by atoms with van der Waals surface area (Å²) in [6.45, 7) is 7.28. The van der Waals surface area contributed by atoms with Gasteiger partial charge in [-0.25, -0.2) is 9.97 Å². The highest BCUT2D eigenvalue weighted by Gasteiger charge is 2.21. The fourth-order valence-corrected chi connectivity index (χ4v) is 3.35. The van der Waals surface area contributed by atoms with Crippen molar-refractivity contribution in [2.45, 2.75) is 53.0 Å². The van der Waals surface area contributed by atoms with Crippen molar-refractivity contribution in [2.24, 2.45) is 5.92 Å². The number of nitrogens with zero attached hydrogens (tertiary/aromatic N) is 3. The maximum absolute atomic E-state index is 6.08. The molecule has 1 aliphatic carbocycles. The summed E-state index contributed by atoms with van der Waals surface area (Å²) >= 11 is 0. The molecule has 19 heavy (non-hydrogen) atoms. The molecule has 2 heterocycles. The van der Waals surface area contributed by atoms with Crippen LogP contribution in [0.2, 0.25) is 0 Å². The number of nitrogen functional groups attached to an aromatic ring is 1. The van der Waals surface area contributed by atoms with E-state index in [-0.39, 0.29) is 0 Å². The summed E-state index contributed by atoms with van der Waals surface area (Å²) < 4.78 is 2.35. The van der Waals surface area contributed by atoms with Crippen molar-refractivity contribution in [1.82, 2.24) is 14.5 Å². The molecule has 0 atom stereocenters. The van der Waals surface area contributed by atoms with E-state index in [0.29, 0.717) is 5.82 Å². The Balaban J connectivity index is 2.14. The Bertz CT molecular complexity index is 621. The maximum atomic E-state index is 6.08. The number of fused-ring (bicyclic) bond motifs is 1. The lowest BCUT2D eigenvalue weighted by Gasteiger charge is -2.13. The Morgan fingerprint density at radius 1 is 1.16 bits per heavy atom. The molecular weight excluding hydrogens is 236 g/mol. The van der Waals surface area contributed by atoms with Crippen LogP contribution in [0.1, 0.15) is 42.8 Å². The summed E-state index contributed by atoms with van der Waals surface area (Å²) in [6.07, 6.45) is 5.44. The minimum atomic E-state index is 0.619. The van der Waals surface area contributed by atoms with Crippen LogP contribution >= 0.6 is 0 Å². The number of anilines is 1. The quantitative estimate of drug-likeness (QED) is 0.900. The van der Waals surface area contributed by atoms with Crippen LogP contribution in [-0.2, 0) is 6.54 Å². The zero-order valence-corrected chi connectivity index (χ0v) is 12.0. The van der Waals surface area contributed by atoms with E-state index >= 15 is 0 Å². The minimum absolute atomic E-state index is 0.619. The van der Waals surface area contributed by atoms with Crippen LogP contribution in [0.3, 0.4) is 0 Å². The number of nitrogens with two attached hydrogens (primary N) is 1. The van der Waals surface area contributed by atoms with Crippen LogP contribution in [0.25, 0.3) is 11.0 Å². The van der Waals surface area contributed by atoms with E-state index in [1.165, 1.54) is 36.9 Å². The molecule has 0 radical (unpaired) electrons. The van der Waals surface area contributed by atoms with Crippen LogP contribution in [0.5, 0.6) is 0 Å². The van der Waals surface area contributed by atoms with Crippen molar-refractivity contribution in [1.29, 1.82) is 0 Å². The lowest BCUT2D eigenvalue weighted by Crippen LogP contribution is -2.10. The molecule has 4 heteroatoms. The molecule has 102 valence electrons. The highest BCUT2D eigenvalue weighted by Crippen LogP contribution is 2.32. The lowest BCUT2D eigenvalue weighted by atomic mass is 10.1. The second-order valence-electron chi connectivity index (χ2n) is 5.83. The molecule has 1 aliphatic rings. The predicted octanol–water partition coefficient (Wildman–Crippen LogP) is 3.13. The minimum Gasteiger partial charge on any atom is -0.383 e. The van der Waals surface area contributed by atoms with Crippen molar-refractivity contribution in [3.05, 3.63) is 17.1 Å². The maximum Gasteiger partial charge on any atom is 0.146 e. The van der Waals surface area contributed by atoms with Gasteiger partial charge in [-0.1, -0.05) is 12.8 Å². The van der Waals surface area contributed by atoms with Crippen LogP contribution in [0.15, 0.2) is 0 Å². The molecule has 0 spiro atoms. The zero-order chi connectivity index (χ0) is 13.6. The molecule has 0 amide bonds. The van der Waals surface area contributed by atoms with Gasteiger partial charge >= 0.3 is 0 Å². The molecule has 0 aliphatic heterocycles. The molecule has 0 saturated heterocycles. The normalized spacial score (nSPS) is 16.6. The molecule has 3 rings (SSSR count). The second kappa shape index (κ2) is 4.51. The first-order chi connectivity index (χ1) is 9.08. The van der Waals surface area contributed by atoms with Gasteiger partial charge in [0.15, 0.2) is 0 Å². The van der Waals surface area contributed by atoms with Crippen molar-refractivity contribution in [3.63, 3.8) is 0 Å². The van der Waals surface area contributed by atoms with Crippen LogP contribution in [-0.4, -0.2) is 14.5 Å². The summed E-state index contributed by atoms with van der Waals surface area (Å²) in [5.74, 6) is 2.17. The van der Waals surface area contributed by atoms with Crippen molar-refractivity contribution < 1.29 is 0 Å². The first-order valence-corrected chi connectivity index (χ1v) is 7.17. The monoisotopic (exact) mass is 258 g/mol. The van der Waals surface area contributed by atoms with E-state index in [4.69, 9.17) is 5.73 Å². The van der Waals surface area contributed by atoms with Gasteiger partial charge in [-0.15, -0.1) is 0 Å². The summed E-state index contributed by atoms with van der Waals surface area (Å²) in [6, 6.07) is 0. The van der Waals surface area contributed by atoms with E-state index in [9.17, 15) is 0 Å². The average Bonchev–Trinajstić information content (AvgIpc) is 2.93. The van der Waals surface area contributed by atoms with Crippen molar-refractivity contribution in [3.8, 4) is 0 Å². The first kappa shape index (κ1) is 12.5. The molecule has 2 aromatic rings. The molecule has 2 aromatic heterocycles. The largest absolute Gasteiger partial charge is 0.383 e. The number of hydrogen-bond donors (Lipinski definition) is 1. The van der Waals surface area contributed by atoms with Crippen molar-refractivity contribution in [2.75, 3.05) is 5.73 Å². The molecule has 1 saturated carbocycles. The van der Waals surface area contributed by atoms with Gasteiger partial charge in [-0.3, -0.25) is 0 Å². The third-order valence-corrected chi connectivity index (χ3v) is 4.52. The fraction of sp³-hybridized carbons (Fsp3) is 0.600. The average molecular weight is 258 g/mol. The van der Waals surface area contributed by atoms with E-state index < -0.39 is 0 Å². The van der Waals surface area contributed by atoms with Gasteiger partial charge in [-0.2, -0.15) is 0 Å². The summed E-state index contributed by atoms with van der Waals surface area (Å²) in [5.41, 5.74) is 9.62. The van der Waals surface area contributed by atoms with Gasteiger partial charge in [0, 0.05) is 12.2 Å². The summed E-state index contributed by atoms with van der Waals surface area (Å²) in [7, 11) is 0. The zero-order valence-electron chi connectivity index (χ0n) is 12.0. The molecule has 2 N–H and O–H groups in total. The molecule has 4 nitrogen and oxygen atoms in total. The third kappa shape index (κ3) is 1.99. The smallest absolute Gasteiger partial charge is 0.146 e. The summed E-state index contributed by atoms with van der Waals surface area (Å²) in [5, 5.41) is 1.04. The molecule has 0 aromatic carbocycles. The Hall–Kier alpha value is -1.58. The molecule has 0 unspecified atom stereocenters. The third-order valence-electron chi connectivity index (χ3n) is 4.52. The van der Waals surface area contributed by atoms with Gasteiger partial charge in [-0.05, 0) is 45.1 Å². The van der Waals surface area contributed by atoms with Gasteiger partial charge < -0.3 is 10.3 Å². The number of aryl methyl sites for hydroxylation is 2. The Morgan fingerprint density at radius 2 is 1.84 bits per heavy atom. The van der Waals surface area contributed by atoms with E-state index in [1.807, 2.05) is 6.92 Å². The highest BCUT2D eigenvalue weighted by atomic mass is 15.1. The van der Waals surface area contributed by atoms with Gasteiger partial charge in [0.05, 0.1) is 5.39 Å². The fourth-order valence-electron chi connectivity index (χ4n) is 3.35. The van der Waals surface area contributed by atoms with Gasteiger partial charge in [0.25, 0.3) is 0 Å². The highest BCUT2D eigenvalue weighted by molar-refractivity contribution is 5.91. The standard InChI is InChI=1S/C15H22N4/c1-9-10(2)19(8-12-6-4-5-7-12)15-13(9)14(16)17-11(3)18-15/h12H,4-8H2,1-3H3,(H2,16,17,18). The Morgan fingerprint density at radius 3 is 2.53 bits per heavy atom. The Kier molecular flexibility index (Phi) is 2.96. The van der Waals surface area contributed by atoms with Crippen LogP contribution in [0.4, 0.5) is 5.82 Å². The van der Waals surface area contributed by atoms with E-state index in [0.717, 1.165) is 29.3 Å². The molecule has 1 fully saturated rings.